The van der Waals surface area contributed by atoms with Gasteiger partial charge < -0.3 is 15.5 Å². The fourth-order valence-electron chi connectivity index (χ4n) is 3.38. The Hall–Kier alpha value is -0.890. The molecule has 2 N–H and O–H groups in total. The van der Waals surface area contributed by atoms with Crippen molar-refractivity contribution >= 4 is 29.9 Å². The maximum Gasteiger partial charge on any atom is 0.191 e. The number of hydrogen-bond acceptors (Lipinski definition) is 2. The summed E-state index contributed by atoms with van der Waals surface area (Å²) in [6, 6.07) is 6.83. The lowest BCUT2D eigenvalue weighted by atomic mass is 9.84. The molecule has 26 heavy (non-hydrogen) atoms. The second-order valence-electron chi connectivity index (χ2n) is 7.60. The SMILES string of the molecule is CCN1CCCC(CNC(=NC)NCC(C)(C)c2cccc(F)c2)C1.I. The quantitative estimate of drug-likeness (QED) is 0.375. The van der Waals surface area contributed by atoms with Crippen LogP contribution in [0.2, 0.25) is 0 Å². The molecule has 6 heteroatoms. The Bertz CT molecular complexity index is 577. The van der Waals surface area contributed by atoms with Gasteiger partial charge in [0.25, 0.3) is 0 Å². The van der Waals surface area contributed by atoms with E-state index in [0.29, 0.717) is 12.5 Å². The second kappa shape index (κ2) is 11.1. The molecule has 2 rings (SSSR count). The first kappa shape index (κ1) is 23.1. The number of nitrogens with zero attached hydrogens (tertiary/aromatic N) is 2. The van der Waals surface area contributed by atoms with E-state index in [-0.39, 0.29) is 35.2 Å². The van der Waals surface area contributed by atoms with E-state index >= 15 is 0 Å². The van der Waals surface area contributed by atoms with Crippen LogP contribution >= 0.6 is 24.0 Å². The van der Waals surface area contributed by atoms with Crippen LogP contribution in [0, 0.1) is 11.7 Å². The van der Waals surface area contributed by atoms with E-state index in [1.807, 2.05) is 6.07 Å². The van der Waals surface area contributed by atoms with Crippen LogP contribution in [-0.4, -0.2) is 50.6 Å². The number of halogens is 2. The van der Waals surface area contributed by atoms with Crippen LogP contribution in [-0.2, 0) is 5.41 Å². The summed E-state index contributed by atoms with van der Waals surface area (Å²) in [7, 11) is 1.80. The highest BCUT2D eigenvalue weighted by atomic mass is 127. The molecule has 0 radical (unpaired) electrons. The number of hydrogen-bond donors (Lipinski definition) is 2. The van der Waals surface area contributed by atoms with Crippen molar-refractivity contribution in [2.75, 3.05) is 39.8 Å². The van der Waals surface area contributed by atoms with Crippen LogP contribution in [0.3, 0.4) is 0 Å². The molecule has 0 saturated carbocycles. The van der Waals surface area contributed by atoms with E-state index in [9.17, 15) is 4.39 Å². The number of rotatable bonds is 6. The third-order valence-corrected chi connectivity index (χ3v) is 5.14. The van der Waals surface area contributed by atoms with Gasteiger partial charge in [0.2, 0.25) is 0 Å². The van der Waals surface area contributed by atoms with Gasteiger partial charge in [-0.15, -0.1) is 24.0 Å². The molecule has 1 heterocycles. The molecule has 1 saturated heterocycles. The van der Waals surface area contributed by atoms with Crippen LogP contribution in [0.4, 0.5) is 4.39 Å². The first-order valence-electron chi connectivity index (χ1n) is 9.37. The average Bonchev–Trinajstić information content (AvgIpc) is 2.62. The topological polar surface area (TPSA) is 39.7 Å². The van der Waals surface area contributed by atoms with E-state index in [1.165, 1.54) is 25.5 Å². The van der Waals surface area contributed by atoms with Crippen molar-refractivity contribution in [1.29, 1.82) is 0 Å². The van der Waals surface area contributed by atoms with Gasteiger partial charge in [0.05, 0.1) is 0 Å². The zero-order valence-corrected chi connectivity index (χ0v) is 18.8. The summed E-state index contributed by atoms with van der Waals surface area (Å²) >= 11 is 0. The summed E-state index contributed by atoms with van der Waals surface area (Å²) < 4.78 is 13.5. The predicted octanol–water partition coefficient (Wildman–Crippen LogP) is 3.62. The highest BCUT2D eigenvalue weighted by Gasteiger charge is 2.22. The van der Waals surface area contributed by atoms with Gasteiger partial charge in [0, 0.05) is 32.1 Å². The third-order valence-electron chi connectivity index (χ3n) is 5.14. The minimum absolute atomic E-state index is 0. The molecular weight excluding hydrogens is 442 g/mol. The highest BCUT2D eigenvalue weighted by molar-refractivity contribution is 14.0. The summed E-state index contributed by atoms with van der Waals surface area (Å²) in [5.41, 5.74) is 0.810. The molecule has 1 unspecified atom stereocenters. The van der Waals surface area contributed by atoms with Crippen LogP contribution in [0.5, 0.6) is 0 Å². The smallest absolute Gasteiger partial charge is 0.191 e. The molecule has 1 aliphatic heterocycles. The van der Waals surface area contributed by atoms with Crippen LogP contribution in [0.25, 0.3) is 0 Å². The lowest BCUT2D eigenvalue weighted by Crippen LogP contribution is -2.47. The highest BCUT2D eigenvalue weighted by Crippen LogP contribution is 2.22. The number of benzene rings is 1. The van der Waals surface area contributed by atoms with Gasteiger partial charge in [-0.05, 0) is 49.5 Å². The largest absolute Gasteiger partial charge is 0.356 e. The predicted molar refractivity (Wildman–Crippen MR) is 119 cm³/mol. The van der Waals surface area contributed by atoms with Crippen molar-refractivity contribution in [1.82, 2.24) is 15.5 Å². The minimum atomic E-state index is -0.189. The molecule has 1 fully saturated rings. The lowest BCUT2D eigenvalue weighted by Gasteiger charge is -2.32. The molecule has 0 amide bonds. The summed E-state index contributed by atoms with van der Waals surface area (Å²) in [4.78, 5) is 6.85. The molecular formula is C20H34FIN4. The van der Waals surface area contributed by atoms with Gasteiger partial charge in [-0.3, -0.25) is 4.99 Å². The molecule has 4 nitrogen and oxygen atoms in total. The molecule has 1 aliphatic rings. The Labute approximate surface area is 175 Å². The van der Waals surface area contributed by atoms with Gasteiger partial charge >= 0.3 is 0 Å². The number of likely N-dealkylation sites (tertiary alicyclic amines) is 1. The molecule has 148 valence electrons. The Morgan fingerprint density at radius 2 is 2.12 bits per heavy atom. The maximum absolute atomic E-state index is 13.5. The summed E-state index contributed by atoms with van der Waals surface area (Å²) in [6.45, 7) is 11.6. The van der Waals surface area contributed by atoms with Crippen molar-refractivity contribution in [3.8, 4) is 0 Å². The van der Waals surface area contributed by atoms with Gasteiger partial charge in [0.15, 0.2) is 5.96 Å². The molecule has 0 bridgehead atoms. The van der Waals surface area contributed by atoms with Gasteiger partial charge in [-0.2, -0.15) is 0 Å². The Morgan fingerprint density at radius 1 is 1.35 bits per heavy atom. The zero-order chi connectivity index (χ0) is 18.3. The maximum atomic E-state index is 13.5. The van der Waals surface area contributed by atoms with E-state index in [1.54, 1.807) is 19.2 Å². The van der Waals surface area contributed by atoms with Gasteiger partial charge in [0.1, 0.15) is 5.82 Å². The molecule has 0 aliphatic carbocycles. The summed E-state index contributed by atoms with van der Waals surface area (Å²) in [5, 5.41) is 6.85. The number of aliphatic imine (C=N–C) groups is 1. The van der Waals surface area contributed by atoms with E-state index in [0.717, 1.165) is 31.2 Å². The normalized spacial score (nSPS) is 19.0. The monoisotopic (exact) mass is 476 g/mol. The van der Waals surface area contributed by atoms with Crippen molar-refractivity contribution < 1.29 is 4.39 Å². The zero-order valence-electron chi connectivity index (χ0n) is 16.5. The molecule has 1 aromatic carbocycles. The van der Waals surface area contributed by atoms with E-state index in [4.69, 9.17) is 0 Å². The van der Waals surface area contributed by atoms with Crippen LogP contribution < -0.4 is 10.6 Å². The fourth-order valence-corrected chi connectivity index (χ4v) is 3.38. The number of piperidine rings is 1. The Morgan fingerprint density at radius 3 is 2.77 bits per heavy atom. The van der Waals surface area contributed by atoms with E-state index < -0.39 is 0 Å². The lowest BCUT2D eigenvalue weighted by molar-refractivity contribution is 0.183. The third kappa shape index (κ3) is 7.02. The van der Waals surface area contributed by atoms with Crippen molar-refractivity contribution in [2.45, 2.75) is 39.0 Å². The molecule has 1 atom stereocenters. The Balaban J connectivity index is 0.00000338. The van der Waals surface area contributed by atoms with Crippen molar-refractivity contribution in [3.05, 3.63) is 35.6 Å². The first-order valence-corrected chi connectivity index (χ1v) is 9.37. The van der Waals surface area contributed by atoms with Crippen LogP contribution in [0.15, 0.2) is 29.3 Å². The van der Waals surface area contributed by atoms with Gasteiger partial charge in [-0.1, -0.05) is 32.9 Å². The van der Waals surface area contributed by atoms with Crippen molar-refractivity contribution in [3.63, 3.8) is 0 Å². The van der Waals surface area contributed by atoms with Crippen LogP contribution in [0.1, 0.15) is 39.2 Å². The first-order chi connectivity index (χ1) is 11.9. The number of guanidine groups is 1. The average molecular weight is 476 g/mol. The van der Waals surface area contributed by atoms with Gasteiger partial charge in [-0.25, -0.2) is 4.39 Å². The standard InChI is InChI=1S/C20H33FN4.HI/c1-5-25-11-7-8-16(14-25)13-23-19(22-4)24-15-20(2,3)17-9-6-10-18(21)12-17;/h6,9-10,12,16H,5,7-8,11,13-15H2,1-4H3,(H2,22,23,24);1H. The molecule has 1 aromatic rings. The van der Waals surface area contributed by atoms with E-state index in [2.05, 4.69) is 41.3 Å². The van der Waals surface area contributed by atoms with Crippen molar-refractivity contribution in [2.24, 2.45) is 10.9 Å². The second-order valence-corrected chi connectivity index (χ2v) is 7.60. The fraction of sp³-hybridized carbons (Fsp3) is 0.650. The number of nitrogens with one attached hydrogen (secondary N) is 2. The minimum Gasteiger partial charge on any atom is -0.356 e. The summed E-state index contributed by atoms with van der Waals surface area (Å²) in [6.07, 6.45) is 2.55. The Kier molecular flexibility index (Phi) is 9.85. The summed E-state index contributed by atoms with van der Waals surface area (Å²) in [5.74, 6) is 1.30. The molecule has 0 aromatic heterocycles. The molecule has 0 spiro atoms.